The largest absolute Gasteiger partial charge is 0.341 e. The molecule has 0 aliphatic rings. The molecule has 92 valence electrons. The summed E-state index contributed by atoms with van der Waals surface area (Å²) in [6, 6.07) is 8.50. The van der Waals surface area contributed by atoms with Crippen LogP contribution in [0.3, 0.4) is 0 Å². The highest BCUT2D eigenvalue weighted by Gasteiger charge is 2.04. The summed E-state index contributed by atoms with van der Waals surface area (Å²) in [4.78, 5) is 4.51. The second-order valence-corrected chi connectivity index (χ2v) is 5.46. The van der Waals surface area contributed by atoms with Gasteiger partial charge in [-0.25, -0.2) is 4.98 Å². The Balaban J connectivity index is 2.01. The van der Waals surface area contributed by atoms with Crippen LogP contribution in [0.1, 0.15) is 16.3 Å². The second kappa shape index (κ2) is 4.55. The molecule has 3 nitrogen and oxygen atoms in total. The maximum Gasteiger partial charge on any atom is 0.0898 e. The Morgan fingerprint density at radius 2 is 2.22 bits per heavy atom. The summed E-state index contributed by atoms with van der Waals surface area (Å²) >= 11 is 1.69. The maximum atomic E-state index is 5.70. The molecule has 0 atom stereocenters. The zero-order chi connectivity index (χ0) is 12.5. The lowest BCUT2D eigenvalue weighted by atomic mass is 10.1. The van der Waals surface area contributed by atoms with E-state index in [1.54, 1.807) is 11.3 Å². The molecule has 2 heterocycles. The van der Waals surface area contributed by atoms with E-state index < -0.39 is 0 Å². The molecule has 1 aromatic carbocycles. The molecule has 0 unspecified atom stereocenters. The number of aromatic nitrogens is 2. The molecule has 4 heteroatoms. The van der Waals surface area contributed by atoms with Crippen molar-refractivity contribution in [1.82, 2.24) is 9.55 Å². The molecule has 0 bridgehead atoms. The first-order chi connectivity index (χ1) is 8.76. The number of hydrogen-bond acceptors (Lipinski definition) is 3. The predicted octanol–water partition coefficient (Wildman–Crippen LogP) is 2.91. The molecular formula is C14H15N3S. The van der Waals surface area contributed by atoms with Crippen LogP contribution in [-0.4, -0.2) is 9.55 Å². The Bertz CT molecular complexity index is 681. The van der Waals surface area contributed by atoms with E-state index >= 15 is 0 Å². The lowest BCUT2D eigenvalue weighted by Crippen LogP contribution is -2.00. The van der Waals surface area contributed by atoms with Crippen LogP contribution in [0, 0.1) is 6.92 Å². The minimum atomic E-state index is 0.580. The Kier molecular flexibility index (Phi) is 2.89. The topological polar surface area (TPSA) is 43.8 Å². The molecule has 3 aromatic rings. The number of nitrogens with two attached hydrogens (primary N) is 1. The van der Waals surface area contributed by atoms with Crippen LogP contribution in [-0.2, 0) is 13.1 Å². The van der Waals surface area contributed by atoms with Crippen molar-refractivity contribution < 1.29 is 0 Å². The molecule has 0 fully saturated rings. The van der Waals surface area contributed by atoms with Gasteiger partial charge >= 0.3 is 0 Å². The van der Waals surface area contributed by atoms with Gasteiger partial charge in [0.1, 0.15) is 0 Å². The molecule has 0 aliphatic heterocycles. The van der Waals surface area contributed by atoms with Gasteiger partial charge < -0.3 is 10.3 Å². The standard InChI is InChI=1S/C14H15N3S/c1-10-16-13(9-18-10)8-17-5-4-12-3-2-11(7-15)6-14(12)17/h2-6,9H,7-8,15H2,1H3. The van der Waals surface area contributed by atoms with E-state index in [4.69, 9.17) is 5.73 Å². The van der Waals surface area contributed by atoms with Gasteiger partial charge in [-0.1, -0.05) is 12.1 Å². The smallest absolute Gasteiger partial charge is 0.0898 e. The van der Waals surface area contributed by atoms with Gasteiger partial charge in [0.15, 0.2) is 0 Å². The van der Waals surface area contributed by atoms with Gasteiger partial charge in [-0.3, -0.25) is 0 Å². The average molecular weight is 257 g/mol. The van der Waals surface area contributed by atoms with Gasteiger partial charge in [0.05, 0.1) is 17.2 Å². The van der Waals surface area contributed by atoms with Crippen LogP contribution in [0.4, 0.5) is 0 Å². The first-order valence-electron chi connectivity index (χ1n) is 5.95. The summed E-state index contributed by atoms with van der Waals surface area (Å²) in [5.74, 6) is 0. The molecule has 0 aliphatic carbocycles. The molecule has 3 rings (SSSR count). The summed E-state index contributed by atoms with van der Waals surface area (Å²) in [6.45, 7) is 3.44. The number of nitrogens with zero attached hydrogens (tertiary/aromatic N) is 2. The minimum Gasteiger partial charge on any atom is -0.341 e. The molecule has 2 N–H and O–H groups in total. The zero-order valence-corrected chi connectivity index (χ0v) is 11.1. The average Bonchev–Trinajstić information content (AvgIpc) is 2.96. The van der Waals surface area contributed by atoms with E-state index in [2.05, 4.69) is 45.4 Å². The van der Waals surface area contributed by atoms with Gasteiger partial charge in [-0.15, -0.1) is 11.3 Å². The van der Waals surface area contributed by atoms with Gasteiger partial charge in [0.2, 0.25) is 0 Å². The predicted molar refractivity (Wildman–Crippen MR) is 75.8 cm³/mol. The van der Waals surface area contributed by atoms with E-state index in [1.807, 2.05) is 6.92 Å². The quantitative estimate of drug-likeness (QED) is 0.784. The molecular weight excluding hydrogens is 242 g/mol. The van der Waals surface area contributed by atoms with Gasteiger partial charge in [-0.05, 0) is 30.0 Å². The number of aryl methyl sites for hydroxylation is 1. The number of thiazole rings is 1. The fourth-order valence-electron chi connectivity index (χ4n) is 2.15. The Labute approximate surface area is 110 Å². The minimum absolute atomic E-state index is 0.580. The molecule has 0 saturated carbocycles. The molecule has 0 radical (unpaired) electrons. The Hall–Kier alpha value is -1.65. The van der Waals surface area contributed by atoms with Gasteiger partial charge in [0, 0.05) is 23.6 Å². The first-order valence-corrected chi connectivity index (χ1v) is 6.83. The third kappa shape index (κ3) is 2.05. The van der Waals surface area contributed by atoms with Crippen LogP contribution < -0.4 is 5.73 Å². The summed E-state index contributed by atoms with van der Waals surface area (Å²) < 4.78 is 2.23. The summed E-state index contributed by atoms with van der Waals surface area (Å²) in [6.07, 6.45) is 2.11. The van der Waals surface area contributed by atoms with Crippen molar-refractivity contribution in [3.05, 3.63) is 52.1 Å². The van der Waals surface area contributed by atoms with Crippen LogP contribution in [0.2, 0.25) is 0 Å². The van der Waals surface area contributed by atoms with Crippen molar-refractivity contribution in [2.45, 2.75) is 20.0 Å². The second-order valence-electron chi connectivity index (χ2n) is 4.40. The fraction of sp³-hybridized carbons (Fsp3) is 0.214. The van der Waals surface area contributed by atoms with E-state index in [-0.39, 0.29) is 0 Å². The Morgan fingerprint density at radius 3 is 2.94 bits per heavy atom. The van der Waals surface area contributed by atoms with Crippen molar-refractivity contribution >= 4 is 22.2 Å². The van der Waals surface area contributed by atoms with E-state index in [0.717, 1.165) is 22.8 Å². The Morgan fingerprint density at radius 1 is 1.33 bits per heavy atom. The van der Waals surface area contributed by atoms with Crippen molar-refractivity contribution in [1.29, 1.82) is 0 Å². The lowest BCUT2D eigenvalue weighted by molar-refractivity contribution is 0.811. The highest BCUT2D eigenvalue weighted by molar-refractivity contribution is 7.09. The van der Waals surface area contributed by atoms with Crippen molar-refractivity contribution in [2.75, 3.05) is 0 Å². The number of fused-ring (bicyclic) bond motifs is 1. The van der Waals surface area contributed by atoms with Crippen LogP contribution in [0.25, 0.3) is 10.9 Å². The normalized spacial score (nSPS) is 11.2. The monoisotopic (exact) mass is 257 g/mol. The van der Waals surface area contributed by atoms with Gasteiger partial charge in [0.25, 0.3) is 0 Å². The van der Waals surface area contributed by atoms with Crippen molar-refractivity contribution in [3.63, 3.8) is 0 Å². The summed E-state index contributed by atoms with van der Waals surface area (Å²) in [5.41, 5.74) is 9.20. The maximum absolute atomic E-state index is 5.70. The van der Waals surface area contributed by atoms with Crippen molar-refractivity contribution in [2.24, 2.45) is 5.73 Å². The van der Waals surface area contributed by atoms with E-state index in [1.165, 1.54) is 10.9 Å². The molecule has 0 saturated heterocycles. The molecule has 0 amide bonds. The molecule has 2 aromatic heterocycles. The molecule has 18 heavy (non-hydrogen) atoms. The van der Waals surface area contributed by atoms with Gasteiger partial charge in [-0.2, -0.15) is 0 Å². The highest BCUT2D eigenvalue weighted by Crippen LogP contribution is 2.19. The summed E-state index contributed by atoms with van der Waals surface area (Å²) in [5, 5.41) is 4.48. The van der Waals surface area contributed by atoms with Crippen LogP contribution in [0.5, 0.6) is 0 Å². The van der Waals surface area contributed by atoms with Crippen LogP contribution >= 0.6 is 11.3 Å². The SMILES string of the molecule is Cc1nc(Cn2ccc3ccc(CN)cc32)cs1. The number of hydrogen-bond donors (Lipinski definition) is 1. The number of rotatable bonds is 3. The van der Waals surface area contributed by atoms with Crippen molar-refractivity contribution in [3.8, 4) is 0 Å². The lowest BCUT2D eigenvalue weighted by Gasteiger charge is -2.04. The fourth-order valence-corrected chi connectivity index (χ4v) is 2.75. The van der Waals surface area contributed by atoms with E-state index in [9.17, 15) is 0 Å². The third-order valence-corrected chi connectivity index (χ3v) is 3.90. The highest BCUT2D eigenvalue weighted by atomic mass is 32.1. The van der Waals surface area contributed by atoms with Crippen LogP contribution in [0.15, 0.2) is 35.8 Å². The first kappa shape index (κ1) is 11.4. The van der Waals surface area contributed by atoms with E-state index in [0.29, 0.717) is 6.54 Å². The zero-order valence-electron chi connectivity index (χ0n) is 10.3. The molecule has 0 spiro atoms. The number of benzene rings is 1. The third-order valence-electron chi connectivity index (χ3n) is 3.07. The summed E-state index contributed by atoms with van der Waals surface area (Å²) in [7, 11) is 0.